The van der Waals surface area contributed by atoms with Gasteiger partial charge in [0.2, 0.25) is 0 Å². The van der Waals surface area contributed by atoms with Gasteiger partial charge in [0, 0.05) is 13.2 Å². The Kier molecular flexibility index (Phi) is 2.82. The second-order valence-electron chi connectivity index (χ2n) is 3.40. The van der Waals surface area contributed by atoms with Crippen LogP contribution >= 0.6 is 0 Å². The number of nitrogens with one attached hydrogen (secondary N) is 1. The molecule has 2 rings (SSSR count). The first-order valence-electron chi connectivity index (χ1n) is 4.86. The van der Waals surface area contributed by atoms with Gasteiger partial charge in [0.05, 0.1) is 6.20 Å². The Morgan fingerprint density at radius 2 is 2.44 bits per heavy atom. The van der Waals surface area contributed by atoms with Gasteiger partial charge in [0.1, 0.15) is 17.6 Å². The van der Waals surface area contributed by atoms with Gasteiger partial charge in [-0.1, -0.05) is 5.21 Å². The number of amides is 2. The zero-order valence-corrected chi connectivity index (χ0v) is 8.50. The lowest BCUT2D eigenvalue weighted by molar-refractivity contribution is 0.250. The van der Waals surface area contributed by atoms with Gasteiger partial charge in [-0.25, -0.2) is 4.79 Å². The summed E-state index contributed by atoms with van der Waals surface area (Å²) < 4.78 is 1.59. The van der Waals surface area contributed by atoms with Crippen molar-refractivity contribution in [3.8, 4) is 0 Å². The molecule has 0 fully saturated rings. The van der Waals surface area contributed by atoms with Gasteiger partial charge in [-0.15, -0.1) is 5.10 Å². The topological polar surface area (TPSA) is 118 Å². The summed E-state index contributed by atoms with van der Waals surface area (Å²) in [5, 5.41) is 19.0. The zero-order valence-electron chi connectivity index (χ0n) is 8.50. The Morgan fingerprint density at radius 3 is 3.06 bits per heavy atom. The summed E-state index contributed by atoms with van der Waals surface area (Å²) >= 11 is 0. The number of hydrogen-bond donors (Lipinski definition) is 3. The average Bonchev–Trinajstić information content (AvgIpc) is 2.82. The van der Waals surface area contributed by atoms with E-state index in [0.717, 1.165) is 0 Å². The summed E-state index contributed by atoms with van der Waals surface area (Å²) in [5.74, 6) is 0.194. The third kappa shape index (κ3) is 2.01. The minimum atomic E-state index is -0.490. The maximum Gasteiger partial charge on any atom is 0.343 e. The van der Waals surface area contributed by atoms with Crippen molar-refractivity contribution in [3.05, 3.63) is 11.9 Å². The molecular formula is C8H12N6O2. The van der Waals surface area contributed by atoms with Crippen LogP contribution < -0.4 is 11.1 Å². The summed E-state index contributed by atoms with van der Waals surface area (Å²) in [6.45, 7) is 0.667. The predicted molar refractivity (Wildman–Crippen MR) is 54.6 cm³/mol. The van der Waals surface area contributed by atoms with Gasteiger partial charge in [0.25, 0.3) is 0 Å². The van der Waals surface area contributed by atoms with Crippen molar-refractivity contribution < 1.29 is 9.90 Å². The van der Waals surface area contributed by atoms with Gasteiger partial charge >= 0.3 is 6.03 Å². The number of aromatic nitrogens is 3. The highest BCUT2D eigenvalue weighted by Gasteiger charge is 2.27. The molecule has 1 aliphatic rings. The molecule has 1 aromatic heterocycles. The maximum atomic E-state index is 10.9. The highest BCUT2D eigenvalue weighted by atomic mass is 16.3. The van der Waals surface area contributed by atoms with Crippen molar-refractivity contribution in [1.29, 1.82) is 0 Å². The molecule has 0 saturated carbocycles. The Morgan fingerprint density at radius 1 is 1.62 bits per heavy atom. The minimum absolute atomic E-state index is 0.0962. The van der Waals surface area contributed by atoms with Gasteiger partial charge in [-0.2, -0.15) is 4.99 Å². The van der Waals surface area contributed by atoms with Crippen molar-refractivity contribution in [2.45, 2.75) is 19.0 Å². The fraction of sp³-hybridized carbons (Fsp3) is 0.500. The fourth-order valence-corrected chi connectivity index (χ4v) is 1.42. The van der Waals surface area contributed by atoms with E-state index in [-0.39, 0.29) is 12.4 Å². The highest BCUT2D eigenvalue weighted by Crippen LogP contribution is 2.14. The number of carbonyl (C=O) groups is 1. The molecule has 1 aliphatic heterocycles. The maximum absolute atomic E-state index is 10.9. The second kappa shape index (κ2) is 4.27. The van der Waals surface area contributed by atoms with E-state index >= 15 is 0 Å². The summed E-state index contributed by atoms with van der Waals surface area (Å²) in [7, 11) is 0. The SMILES string of the molecule is NC1=NC(=O)NC1c1cn(CCCO)nn1. The van der Waals surface area contributed by atoms with E-state index in [1.165, 1.54) is 0 Å². The van der Waals surface area contributed by atoms with Gasteiger partial charge in [-0.05, 0) is 6.42 Å². The fourth-order valence-electron chi connectivity index (χ4n) is 1.42. The lowest BCUT2D eigenvalue weighted by Gasteiger charge is -2.04. The third-order valence-corrected chi connectivity index (χ3v) is 2.19. The zero-order chi connectivity index (χ0) is 11.5. The van der Waals surface area contributed by atoms with Crippen LogP contribution in [0.3, 0.4) is 0 Å². The first-order chi connectivity index (χ1) is 7.70. The molecule has 2 amide bonds. The molecule has 4 N–H and O–H groups in total. The van der Waals surface area contributed by atoms with Gasteiger partial charge < -0.3 is 16.2 Å². The number of nitrogens with zero attached hydrogens (tertiary/aromatic N) is 4. The van der Waals surface area contributed by atoms with E-state index in [4.69, 9.17) is 10.8 Å². The number of aryl methyl sites for hydroxylation is 1. The van der Waals surface area contributed by atoms with Crippen LogP contribution in [-0.2, 0) is 6.54 Å². The highest BCUT2D eigenvalue weighted by molar-refractivity contribution is 6.02. The molecule has 0 bridgehead atoms. The molecule has 0 aromatic carbocycles. The van der Waals surface area contributed by atoms with Crippen LogP contribution in [0.4, 0.5) is 4.79 Å². The van der Waals surface area contributed by atoms with E-state index in [0.29, 0.717) is 18.7 Å². The number of urea groups is 1. The van der Waals surface area contributed by atoms with E-state index in [1.807, 2.05) is 0 Å². The number of rotatable bonds is 4. The summed E-state index contributed by atoms with van der Waals surface area (Å²) in [6, 6.07) is -0.956. The van der Waals surface area contributed by atoms with Gasteiger partial charge in [0.15, 0.2) is 0 Å². The number of aliphatic hydroxyl groups is 1. The molecule has 8 heteroatoms. The van der Waals surface area contributed by atoms with Crippen LogP contribution in [0.5, 0.6) is 0 Å². The molecule has 1 unspecified atom stereocenters. The number of nitrogens with two attached hydrogens (primary N) is 1. The molecule has 86 valence electrons. The summed E-state index contributed by atoms with van der Waals surface area (Å²) in [5.41, 5.74) is 6.11. The van der Waals surface area contributed by atoms with Crippen molar-refractivity contribution in [3.63, 3.8) is 0 Å². The van der Waals surface area contributed by atoms with E-state index < -0.39 is 12.1 Å². The quantitative estimate of drug-likeness (QED) is 0.592. The first kappa shape index (κ1) is 10.6. The largest absolute Gasteiger partial charge is 0.396 e. The van der Waals surface area contributed by atoms with E-state index in [2.05, 4.69) is 20.6 Å². The van der Waals surface area contributed by atoms with Crippen LogP contribution in [0.25, 0.3) is 0 Å². The van der Waals surface area contributed by atoms with Crippen LogP contribution in [0.15, 0.2) is 11.2 Å². The number of amidine groups is 1. The Labute approximate surface area is 91.2 Å². The molecule has 16 heavy (non-hydrogen) atoms. The lowest BCUT2D eigenvalue weighted by atomic mass is 10.2. The van der Waals surface area contributed by atoms with Crippen molar-refractivity contribution >= 4 is 11.9 Å². The third-order valence-electron chi connectivity index (χ3n) is 2.19. The van der Waals surface area contributed by atoms with E-state index in [9.17, 15) is 4.79 Å². The Balaban J connectivity index is 2.08. The lowest BCUT2D eigenvalue weighted by Crippen LogP contribution is -2.28. The molecule has 0 radical (unpaired) electrons. The van der Waals surface area contributed by atoms with Crippen LogP contribution in [0.1, 0.15) is 18.2 Å². The predicted octanol–water partition coefficient (Wildman–Crippen LogP) is -1.22. The van der Waals surface area contributed by atoms with Gasteiger partial charge in [-0.3, -0.25) is 4.68 Å². The molecular weight excluding hydrogens is 212 g/mol. The molecule has 0 saturated heterocycles. The Hall–Kier alpha value is -1.96. The van der Waals surface area contributed by atoms with Crippen LogP contribution in [-0.4, -0.2) is 38.6 Å². The normalized spacial score (nSPS) is 19.7. The number of hydrogen-bond acceptors (Lipinski definition) is 5. The number of carbonyl (C=O) groups excluding carboxylic acids is 1. The van der Waals surface area contributed by atoms with Crippen molar-refractivity contribution in [2.24, 2.45) is 10.7 Å². The second-order valence-corrected chi connectivity index (χ2v) is 3.40. The smallest absolute Gasteiger partial charge is 0.343 e. The van der Waals surface area contributed by atoms with E-state index in [1.54, 1.807) is 10.9 Å². The minimum Gasteiger partial charge on any atom is -0.396 e. The standard InChI is InChI=1S/C8H12N6O2/c9-7-6(10-8(16)11-7)5-4-14(13-12-5)2-1-3-15/h4,6,15H,1-3H2,(H3,9,10,11,16). The first-order valence-corrected chi connectivity index (χ1v) is 4.86. The van der Waals surface area contributed by atoms with Crippen LogP contribution in [0, 0.1) is 0 Å². The molecule has 0 aliphatic carbocycles. The molecule has 1 atom stereocenters. The van der Waals surface area contributed by atoms with Crippen molar-refractivity contribution in [2.75, 3.05) is 6.61 Å². The summed E-state index contributed by atoms with van der Waals surface area (Å²) in [6.07, 6.45) is 2.28. The Bertz CT molecular complexity index is 426. The molecule has 0 spiro atoms. The number of aliphatic imine (C=N–C) groups is 1. The van der Waals surface area contributed by atoms with Crippen molar-refractivity contribution in [1.82, 2.24) is 20.3 Å². The summed E-state index contributed by atoms with van der Waals surface area (Å²) in [4.78, 5) is 14.5. The average molecular weight is 224 g/mol. The number of aliphatic hydroxyl groups excluding tert-OH is 1. The molecule has 8 nitrogen and oxygen atoms in total. The molecule has 1 aromatic rings. The monoisotopic (exact) mass is 224 g/mol. The molecule has 2 heterocycles. The van der Waals surface area contributed by atoms with Crippen LogP contribution in [0.2, 0.25) is 0 Å².